The van der Waals surface area contributed by atoms with Crippen molar-refractivity contribution in [1.82, 2.24) is 19.7 Å². The fraction of sp³-hybridized carbons (Fsp3) is 0.500. The van der Waals surface area contributed by atoms with Crippen molar-refractivity contribution in [3.63, 3.8) is 0 Å². The lowest BCUT2D eigenvalue weighted by Gasteiger charge is -2.19. The van der Waals surface area contributed by atoms with Gasteiger partial charge in [0, 0.05) is 12.1 Å². The number of carboxylic acids is 1. The summed E-state index contributed by atoms with van der Waals surface area (Å²) in [6.07, 6.45) is 0.372. The molecule has 1 N–H and O–H groups in total. The molecule has 0 aliphatic rings. The summed E-state index contributed by atoms with van der Waals surface area (Å²) in [4.78, 5) is 20.5. The van der Waals surface area contributed by atoms with Crippen molar-refractivity contribution < 1.29 is 9.90 Å². The van der Waals surface area contributed by atoms with E-state index in [-0.39, 0.29) is 0 Å². The Hall–Kier alpha value is -2.24. The fourth-order valence-electron chi connectivity index (χ4n) is 2.29. The predicted octanol–water partition coefficient (Wildman–Crippen LogP) is 2.55. The monoisotopic (exact) mass is 302 g/mol. The minimum absolute atomic E-state index is 0.372. The number of hydrogen-bond acceptors (Lipinski definition) is 4. The van der Waals surface area contributed by atoms with Crippen LogP contribution in [0.15, 0.2) is 6.07 Å². The zero-order chi connectivity index (χ0) is 16.7. The van der Waals surface area contributed by atoms with E-state index in [1.54, 1.807) is 18.5 Å². The van der Waals surface area contributed by atoms with E-state index in [1.165, 1.54) is 0 Å². The first-order chi connectivity index (χ1) is 10.1. The summed E-state index contributed by atoms with van der Waals surface area (Å²) in [7, 11) is 0. The number of rotatable bonds is 4. The Morgan fingerprint density at radius 3 is 2.32 bits per heavy atom. The molecule has 0 unspecified atom stereocenters. The van der Waals surface area contributed by atoms with Gasteiger partial charge in [0.05, 0.1) is 28.2 Å². The van der Waals surface area contributed by atoms with Crippen molar-refractivity contribution in [2.24, 2.45) is 5.41 Å². The maximum absolute atomic E-state index is 11.4. The smallest absolute Gasteiger partial charge is 0.309 e. The molecule has 2 aromatic rings. The first-order valence-electron chi connectivity index (χ1n) is 7.23. The van der Waals surface area contributed by atoms with Crippen LogP contribution in [0.3, 0.4) is 0 Å². The summed E-state index contributed by atoms with van der Waals surface area (Å²) in [6.45, 7) is 11.0. The van der Waals surface area contributed by atoms with Crippen LogP contribution >= 0.6 is 0 Å². The van der Waals surface area contributed by atoms with Crippen molar-refractivity contribution in [2.45, 2.75) is 48.0 Å². The molecule has 0 amide bonds. The summed E-state index contributed by atoms with van der Waals surface area (Å²) in [5.74, 6) is -0.173. The quantitative estimate of drug-likeness (QED) is 0.938. The van der Waals surface area contributed by atoms with Gasteiger partial charge in [0.15, 0.2) is 5.82 Å². The Morgan fingerprint density at radius 2 is 1.73 bits per heavy atom. The zero-order valence-corrected chi connectivity index (χ0v) is 13.9. The van der Waals surface area contributed by atoms with Crippen LogP contribution in [0.25, 0.3) is 5.82 Å². The van der Waals surface area contributed by atoms with E-state index in [1.807, 2.05) is 33.8 Å². The molecule has 0 aromatic carbocycles. The molecule has 0 saturated heterocycles. The average Bonchev–Trinajstić information content (AvgIpc) is 2.73. The molecule has 0 atom stereocenters. The second-order valence-corrected chi connectivity index (χ2v) is 6.36. The third kappa shape index (κ3) is 3.00. The van der Waals surface area contributed by atoms with Crippen LogP contribution in [-0.2, 0) is 11.2 Å². The van der Waals surface area contributed by atoms with Crippen molar-refractivity contribution in [1.29, 1.82) is 0 Å². The minimum atomic E-state index is -0.870. The van der Waals surface area contributed by atoms with Crippen LogP contribution < -0.4 is 0 Å². The molecule has 0 saturated carbocycles. The Bertz CT molecular complexity index is 732. The SMILES string of the molecule is Cc1cc(CC(C)(C)C(=O)O)n(-c2nc(C)c(C)nc2C)n1. The van der Waals surface area contributed by atoms with Crippen LogP contribution in [0.5, 0.6) is 0 Å². The van der Waals surface area contributed by atoms with Crippen molar-refractivity contribution in [3.8, 4) is 5.82 Å². The van der Waals surface area contributed by atoms with Crippen LogP contribution in [-0.4, -0.2) is 30.8 Å². The molecule has 2 rings (SSSR count). The zero-order valence-electron chi connectivity index (χ0n) is 13.9. The maximum Gasteiger partial charge on any atom is 0.309 e. The molecule has 2 heterocycles. The highest BCUT2D eigenvalue weighted by atomic mass is 16.4. The van der Waals surface area contributed by atoms with Gasteiger partial charge in [-0.05, 0) is 47.6 Å². The van der Waals surface area contributed by atoms with Gasteiger partial charge < -0.3 is 5.11 Å². The molecule has 0 fully saturated rings. The molecular weight excluding hydrogens is 280 g/mol. The molecule has 0 spiro atoms. The molecule has 0 aliphatic heterocycles. The predicted molar refractivity (Wildman–Crippen MR) is 83.2 cm³/mol. The summed E-state index contributed by atoms with van der Waals surface area (Å²) in [5, 5.41) is 13.8. The number of aryl methyl sites for hydroxylation is 4. The van der Waals surface area contributed by atoms with E-state index in [2.05, 4.69) is 15.1 Å². The summed E-state index contributed by atoms with van der Waals surface area (Å²) < 4.78 is 1.72. The molecule has 0 bridgehead atoms. The van der Waals surface area contributed by atoms with Crippen molar-refractivity contribution in [2.75, 3.05) is 0 Å². The average molecular weight is 302 g/mol. The Balaban J connectivity index is 2.54. The molecule has 2 aromatic heterocycles. The summed E-state index contributed by atoms with van der Waals surface area (Å²) in [6, 6.07) is 1.90. The lowest BCUT2D eigenvalue weighted by Crippen LogP contribution is -2.27. The standard InChI is InChI=1S/C16H22N4O2/c1-9-7-13(8-16(5,6)15(21)22)20(19-9)14-12(4)17-10(2)11(3)18-14/h7H,8H2,1-6H3,(H,21,22). The van der Waals surface area contributed by atoms with Crippen molar-refractivity contribution >= 4 is 5.97 Å². The maximum atomic E-state index is 11.4. The number of nitrogens with zero attached hydrogens (tertiary/aromatic N) is 4. The number of hydrogen-bond donors (Lipinski definition) is 1. The van der Waals surface area contributed by atoms with E-state index in [0.29, 0.717) is 12.2 Å². The number of carboxylic acid groups (broad SMARTS) is 1. The van der Waals surface area contributed by atoms with E-state index in [0.717, 1.165) is 28.5 Å². The van der Waals surface area contributed by atoms with E-state index in [9.17, 15) is 9.90 Å². The number of aliphatic carboxylic acids is 1. The first kappa shape index (κ1) is 16.1. The van der Waals surface area contributed by atoms with Crippen LogP contribution in [0.4, 0.5) is 0 Å². The molecule has 6 heteroatoms. The van der Waals surface area contributed by atoms with Gasteiger partial charge >= 0.3 is 5.97 Å². The third-order valence-corrected chi connectivity index (χ3v) is 3.76. The van der Waals surface area contributed by atoms with Gasteiger partial charge in [-0.15, -0.1) is 0 Å². The van der Waals surface area contributed by atoms with E-state index >= 15 is 0 Å². The lowest BCUT2D eigenvalue weighted by molar-refractivity contribution is -0.146. The lowest BCUT2D eigenvalue weighted by atomic mass is 9.88. The number of carbonyl (C=O) groups is 1. The highest BCUT2D eigenvalue weighted by molar-refractivity contribution is 5.74. The van der Waals surface area contributed by atoms with Gasteiger partial charge in [-0.1, -0.05) is 0 Å². The van der Waals surface area contributed by atoms with Crippen molar-refractivity contribution in [3.05, 3.63) is 34.5 Å². The van der Waals surface area contributed by atoms with Gasteiger partial charge in [0.2, 0.25) is 0 Å². The largest absolute Gasteiger partial charge is 0.481 e. The molecule has 6 nitrogen and oxygen atoms in total. The Morgan fingerprint density at radius 1 is 1.14 bits per heavy atom. The van der Waals surface area contributed by atoms with Gasteiger partial charge in [0.1, 0.15) is 0 Å². The first-order valence-corrected chi connectivity index (χ1v) is 7.23. The highest BCUT2D eigenvalue weighted by Gasteiger charge is 2.29. The molecule has 0 aliphatic carbocycles. The Kier molecular flexibility index (Phi) is 4.04. The highest BCUT2D eigenvalue weighted by Crippen LogP contribution is 2.25. The fourth-order valence-corrected chi connectivity index (χ4v) is 2.29. The summed E-state index contributed by atoms with van der Waals surface area (Å²) in [5.41, 5.74) is 3.29. The molecule has 118 valence electrons. The van der Waals surface area contributed by atoms with Gasteiger partial charge in [0.25, 0.3) is 0 Å². The third-order valence-electron chi connectivity index (χ3n) is 3.76. The topological polar surface area (TPSA) is 80.9 Å². The molecular formula is C16H22N4O2. The normalized spacial score (nSPS) is 11.7. The minimum Gasteiger partial charge on any atom is -0.481 e. The van der Waals surface area contributed by atoms with E-state index < -0.39 is 11.4 Å². The van der Waals surface area contributed by atoms with Gasteiger partial charge in [-0.3, -0.25) is 9.78 Å². The molecule has 22 heavy (non-hydrogen) atoms. The van der Waals surface area contributed by atoms with Crippen LogP contribution in [0.1, 0.15) is 42.3 Å². The second-order valence-electron chi connectivity index (χ2n) is 6.36. The second kappa shape index (κ2) is 5.51. The van der Waals surface area contributed by atoms with E-state index in [4.69, 9.17) is 0 Å². The van der Waals surface area contributed by atoms with Crippen LogP contribution in [0.2, 0.25) is 0 Å². The van der Waals surface area contributed by atoms with Gasteiger partial charge in [-0.25, -0.2) is 9.67 Å². The van der Waals surface area contributed by atoms with Crippen LogP contribution in [0, 0.1) is 33.1 Å². The molecule has 0 radical (unpaired) electrons. The van der Waals surface area contributed by atoms with Gasteiger partial charge in [-0.2, -0.15) is 5.10 Å². The number of aromatic nitrogens is 4. The summed E-state index contributed by atoms with van der Waals surface area (Å²) >= 11 is 0. The Labute approximate surface area is 130 Å².